The number of rotatable bonds is 5. The van der Waals surface area contributed by atoms with Crippen molar-refractivity contribution in [3.05, 3.63) is 65.9 Å². The van der Waals surface area contributed by atoms with Crippen molar-refractivity contribution >= 4 is 27.8 Å². The lowest BCUT2D eigenvalue weighted by Crippen LogP contribution is -2.25. The van der Waals surface area contributed by atoms with E-state index in [-0.39, 0.29) is 11.7 Å². The topological polar surface area (TPSA) is 73.6 Å². The number of amides is 1. The van der Waals surface area contributed by atoms with Gasteiger partial charge in [-0.3, -0.25) is 4.79 Å². The number of carbonyl (C=O) groups is 1. The van der Waals surface area contributed by atoms with Gasteiger partial charge in [0.2, 0.25) is 0 Å². The van der Waals surface area contributed by atoms with E-state index in [1.807, 2.05) is 24.3 Å². The molecule has 0 bridgehead atoms. The van der Waals surface area contributed by atoms with Gasteiger partial charge in [0.25, 0.3) is 5.91 Å². The Morgan fingerprint density at radius 3 is 2.76 bits per heavy atom. The SMILES string of the molecule is O=C(NCCCc1nc2ccccc2[nH]1)c1cc2c(F)cccc2[nH]1. The molecule has 0 radical (unpaired) electrons. The first-order valence-corrected chi connectivity index (χ1v) is 8.20. The van der Waals surface area contributed by atoms with E-state index in [4.69, 9.17) is 0 Å². The first kappa shape index (κ1) is 15.4. The summed E-state index contributed by atoms with van der Waals surface area (Å²) in [6.07, 6.45) is 1.51. The van der Waals surface area contributed by atoms with Gasteiger partial charge in [0.15, 0.2) is 0 Å². The van der Waals surface area contributed by atoms with Crippen molar-refractivity contribution in [2.24, 2.45) is 0 Å². The Morgan fingerprint density at radius 1 is 1.08 bits per heavy atom. The molecule has 0 unspecified atom stereocenters. The lowest BCUT2D eigenvalue weighted by atomic mass is 10.2. The number of H-pyrrole nitrogens is 2. The molecule has 5 nitrogen and oxygen atoms in total. The molecule has 0 saturated heterocycles. The van der Waals surface area contributed by atoms with E-state index in [0.717, 1.165) is 29.7 Å². The van der Waals surface area contributed by atoms with Crippen LogP contribution in [-0.4, -0.2) is 27.4 Å². The molecule has 0 atom stereocenters. The third kappa shape index (κ3) is 3.10. The molecule has 0 saturated carbocycles. The molecule has 1 amide bonds. The summed E-state index contributed by atoms with van der Waals surface area (Å²) < 4.78 is 13.7. The van der Waals surface area contributed by atoms with E-state index in [1.54, 1.807) is 18.2 Å². The van der Waals surface area contributed by atoms with Crippen molar-refractivity contribution in [3.63, 3.8) is 0 Å². The standard InChI is InChI=1S/C19H17FN4O/c20-13-5-3-8-14-12(13)11-17(22-14)19(25)21-10-4-9-18-23-15-6-1-2-7-16(15)24-18/h1-3,5-8,11,22H,4,9-10H2,(H,21,25)(H,23,24). The van der Waals surface area contributed by atoms with E-state index in [0.29, 0.717) is 23.1 Å². The van der Waals surface area contributed by atoms with Crippen molar-refractivity contribution in [1.82, 2.24) is 20.3 Å². The maximum atomic E-state index is 13.7. The fraction of sp³-hybridized carbons (Fsp3) is 0.158. The van der Waals surface area contributed by atoms with Crippen LogP contribution in [0.4, 0.5) is 4.39 Å². The van der Waals surface area contributed by atoms with Crippen molar-refractivity contribution in [2.45, 2.75) is 12.8 Å². The van der Waals surface area contributed by atoms with Gasteiger partial charge in [-0.15, -0.1) is 0 Å². The molecule has 126 valence electrons. The van der Waals surface area contributed by atoms with Crippen LogP contribution in [0.5, 0.6) is 0 Å². The zero-order valence-electron chi connectivity index (χ0n) is 13.5. The van der Waals surface area contributed by atoms with E-state index in [1.165, 1.54) is 6.07 Å². The Kier molecular flexibility index (Phi) is 3.93. The molecule has 0 spiro atoms. The lowest BCUT2D eigenvalue weighted by Gasteiger charge is -2.02. The van der Waals surface area contributed by atoms with Crippen molar-refractivity contribution in [1.29, 1.82) is 0 Å². The number of hydrogen-bond acceptors (Lipinski definition) is 2. The second-order valence-electron chi connectivity index (χ2n) is 5.94. The van der Waals surface area contributed by atoms with Crippen molar-refractivity contribution in [2.75, 3.05) is 6.54 Å². The van der Waals surface area contributed by atoms with Crippen molar-refractivity contribution in [3.8, 4) is 0 Å². The van der Waals surface area contributed by atoms with Gasteiger partial charge in [-0.25, -0.2) is 9.37 Å². The Labute approximate surface area is 143 Å². The molecule has 0 aliphatic carbocycles. The molecule has 0 fully saturated rings. The molecule has 6 heteroatoms. The number of fused-ring (bicyclic) bond motifs is 2. The molecule has 4 aromatic rings. The van der Waals surface area contributed by atoms with Gasteiger partial charge in [0.05, 0.1) is 11.0 Å². The summed E-state index contributed by atoms with van der Waals surface area (Å²) in [4.78, 5) is 22.9. The molecular formula is C19H17FN4O. The van der Waals surface area contributed by atoms with Gasteiger partial charge < -0.3 is 15.3 Å². The highest BCUT2D eigenvalue weighted by molar-refractivity contribution is 5.98. The number of nitrogens with zero attached hydrogens (tertiary/aromatic N) is 1. The maximum absolute atomic E-state index is 13.7. The number of aromatic nitrogens is 3. The van der Waals surface area contributed by atoms with Crippen LogP contribution in [0.2, 0.25) is 0 Å². The number of imidazole rings is 1. The van der Waals surface area contributed by atoms with Crippen LogP contribution in [0.25, 0.3) is 21.9 Å². The number of benzene rings is 2. The minimum Gasteiger partial charge on any atom is -0.351 e. The highest BCUT2D eigenvalue weighted by atomic mass is 19.1. The van der Waals surface area contributed by atoms with Crippen LogP contribution in [0.15, 0.2) is 48.5 Å². The van der Waals surface area contributed by atoms with Crippen LogP contribution in [0.1, 0.15) is 22.7 Å². The number of hydrogen-bond donors (Lipinski definition) is 3. The molecule has 25 heavy (non-hydrogen) atoms. The third-order valence-corrected chi connectivity index (χ3v) is 4.17. The van der Waals surface area contributed by atoms with Gasteiger partial charge >= 0.3 is 0 Å². The largest absolute Gasteiger partial charge is 0.351 e. The van der Waals surface area contributed by atoms with Crippen LogP contribution in [-0.2, 0) is 6.42 Å². The van der Waals surface area contributed by atoms with Gasteiger partial charge in [-0.1, -0.05) is 18.2 Å². The van der Waals surface area contributed by atoms with Gasteiger partial charge in [0, 0.05) is 23.9 Å². The Hall–Kier alpha value is -3.15. The molecule has 3 N–H and O–H groups in total. The van der Waals surface area contributed by atoms with Crippen LogP contribution in [0, 0.1) is 5.82 Å². The molecule has 4 rings (SSSR count). The number of carbonyl (C=O) groups excluding carboxylic acids is 1. The van der Waals surface area contributed by atoms with Gasteiger partial charge in [0.1, 0.15) is 17.3 Å². The number of aryl methyl sites for hydroxylation is 1. The summed E-state index contributed by atoms with van der Waals surface area (Å²) in [7, 11) is 0. The van der Waals surface area contributed by atoms with E-state index in [2.05, 4.69) is 20.3 Å². The quantitative estimate of drug-likeness (QED) is 0.488. The number of aromatic amines is 2. The average molecular weight is 336 g/mol. The molecular weight excluding hydrogens is 319 g/mol. The minimum atomic E-state index is -0.335. The highest BCUT2D eigenvalue weighted by Gasteiger charge is 2.11. The average Bonchev–Trinajstić information content (AvgIpc) is 3.23. The summed E-state index contributed by atoms with van der Waals surface area (Å²) in [5.74, 6) is 0.334. The number of para-hydroxylation sites is 2. The minimum absolute atomic E-state index is 0.236. The monoisotopic (exact) mass is 336 g/mol. The first-order chi connectivity index (χ1) is 12.2. The van der Waals surface area contributed by atoms with E-state index < -0.39 is 0 Å². The third-order valence-electron chi connectivity index (χ3n) is 4.17. The summed E-state index contributed by atoms with van der Waals surface area (Å²) in [5, 5.41) is 3.27. The zero-order chi connectivity index (χ0) is 17.2. The molecule has 0 aliphatic heterocycles. The highest BCUT2D eigenvalue weighted by Crippen LogP contribution is 2.18. The predicted molar refractivity (Wildman–Crippen MR) is 95.0 cm³/mol. The predicted octanol–water partition coefficient (Wildman–Crippen LogP) is 3.55. The van der Waals surface area contributed by atoms with E-state index >= 15 is 0 Å². The van der Waals surface area contributed by atoms with Gasteiger partial charge in [-0.2, -0.15) is 0 Å². The zero-order valence-corrected chi connectivity index (χ0v) is 13.5. The molecule has 0 aliphatic rings. The molecule has 2 aromatic carbocycles. The molecule has 2 aromatic heterocycles. The van der Waals surface area contributed by atoms with Crippen LogP contribution >= 0.6 is 0 Å². The second kappa shape index (κ2) is 6.39. The van der Waals surface area contributed by atoms with E-state index in [9.17, 15) is 9.18 Å². The smallest absolute Gasteiger partial charge is 0.267 e. The lowest BCUT2D eigenvalue weighted by molar-refractivity contribution is 0.0949. The fourth-order valence-corrected chi connectivity index (χ4v) is 2.92. The first-order valence-electron chi connectivity index (χ1n) is 8.20. The van der Waals surface area contributed by atoms with Crippen LogP contribution < -0.4 is 5.32 Å². The normalized spacial score (nSPS) is 11.2. The Bertz CT molecular complexity index is 1020. The summed E-state index contributed by atoms with van der Waals surface area (Å²) >= 11 is 0. The number of nitrogens with one attached hydrogen (secondary N) is 3. The van der Waals surface area contributed by atoms with Gasteiger partial charge in [-0.05, 0) is 36.8 Å². The summed E-state index contributed by atoms with van der Waals surface area (Å²) in [5.41, 5.74) is 2.94. The second-order valence-corrected chi connectivity index (χ2v) is 5.94. The summed E-state index contributed by atoms with van der Waals surface area (Å²) in [6, 6.07) is 14.2. The Balaban J connectivity index is 1.34. The van der Waals surface area contributed by atoms with Crippen LogP contribution in [0.3, 0.4) is 0 Å². The Morgan fingerprint density at radius 2 is 1.92 bits per heavy atom. The fourth-order valence-electron chi connectivity index (χ4n) is 2.92. The summed E-state index contributed by atoms with van der Waals surface area (Å²) in [6.45, 7) is 0.522. The van der Waals surface area contributed by atoms with Crippen molar-refractivity contribution < 1.29 is 9.18 Å². The molecule has 2 heterocycles. The maximum Gasteiger partial charge on any atom is 0.267 e. The number of halogens is 1.